The highest BCUT2D eigenvalue weighted by atomic mass is 127. The standard InChI is InChI=1S/C11H16INO/c1-7-4-10(12)6-9(11(7)14)5-8(2)13-3/h4,6,8,13-14H,5H2,1-3H3. The van der Waals surface area contributed by atoms with Crippen molar-refractivity contribution in [1.82, 2.24) is 5.32 Å². The fraction of sp³-hybridized carbons (Fsp3) is 0.455. The maximum absolute atomic E-state index is 9.84. The van der Waals surface area contributed by atoms with Crippen LogP contribution in [0.2, 0.25) is 0 Å². The van der Waals surface area contributed by atoms with Gasteiger partial charge in [-0.05, 0) is 73.2 Å². The Labute approximate surface area is 98.9 Å². The summed E-state index contributed by atoms with van der Waals surface area (Å²) in [6.07, 6.45) is 0.861. The minimum atomic E-state index is 0.387. The maximum atomic E-state index is 9.84. The van der Waals surface area contributed by atoms with Gasteiger partial charge in [-0.15, -0.1) is 0 Å². The lowest BCUT2D eigenvalue weighted by molar-refractivity contribution is 0.458. The first-order chi connectivity index (χ1) is 6.54. The first kappa shape index (κ1) is 11.8. The number of hydrogen-bond acceptors (Lipinski definition) is 2. The predicted octanol–water partition coefficient (Wildman–Crippen LogP) is 2.46. The van der Waals surface area contributed by atoms with Crippen LogP contribution in [0.3, 0.4) is 0 Å². The summed E-state index contributed by atoms with van der Waals surface area (Å²) in [4.78, 5) is 0. The second kappa shape index (κ2) is 4.98. The van der Waals surface area contributed by atoms with Gasteiger partial charge in [0.05, 0.1) is 0 Å². The molecule has 2 N–H and O–H groups in total. The van der Waals surface area contributed by atoms with E-state index in [1.807, 2.05) is 26.1 Å². The molecule has 0 spiro atoms. The van der Waals surface area contributed by atoms with E-state index < -0.39 is 0 Å². The Hall–Kier alpha value is -0.290. The number of benzene rings is 1. The van der Waals surface area contributed by atoms with Crippen molar-refractivity contribution in [2.45, 2.75) is 26.3 Å². The molecule has 3 heteroatoms. The minimum absolute atomic E-state index is 0.387. The Kier molecular flexibility index (Phi) is 4.19. The molecule has 78 valence electrons. The van der Waals surface area contributed by atoms with Crippen molar-refractivity contribution in [3.8, 4) is 5.75 Å². The van der Waals surface area contributed by atoms with E-state index in [2.05, 4.69) is 34.8 Å². The number of phenols is 1. The zero-order valence-corrected chi connectivity index (χ0v) is 10.9. The molecule has 0 saturated carbocycles. The largest absolute Gasteiger partial charge is 0.507 e. The van der Waals surface area contributed by atoms with Crippen molar-refractivity contribution in [3.05, 3.63) is 26.8 Å². The zero-order valence-electron chi connectivity index (χ0n) is 8.76. The van der Waals surface area contributed by atoms with Crippen LogP contribution in [0.4, 0.5) is 0 Å². The van der Waals surface area contributed by atoms with Crippen molar-refractivity contribution >= 4 is 22.6 Å². The van der Waals surface area contributed by atoms with E-state index in [0.29, 0.717) is 11.8 Å². The molecule has 2 nitrogen and oxygen atoms in total. The van der Waals surface area contributed by atoms with Crippen molar-refractivity contribution in [2.24, 2.45) is 0 Å². The summed E-state index contributed by atoms with van der Waals surface area (Å²) in [7, 11) is 1.93. The molecule has 0 aliphatic rings. The quantitative estimate of drug-likeness (QED) is 0.841. The van der Waals surface area contributed by atoms with E-state index in [-0.39, 0.29) is 0 Å². The number of nitrogens with one attached hydrogen (secondary N) is 1. The summed E-state index contributed by atoms with van der Waals surface area (Å²) in [5, 5.41) is 13.0. The summed E-state index contributed by atoms with van der Waals surface area (Å²) in [5.41, 5.74) is 1.98. The summed E-state index contributed by atoms with van der Waals surface area (Å²) in [6, 6.07) is 4.42. The number of aryl methyl sites for hydroxylation is 1. The summed E-state index contributed by atoms with van der Waals surface area (Å²) in [5.74, 6) is 0.438. The molecule has 14 heavy (non-hydrogen) atoms. The maximum Gasteiger partial charge on any atom is 0.121 e. The number of hydrogen-bond donors (Lipinski definition) is 2. The first-order valence-electron chi connectivity index (χ1n) is 4.70. The normalized spacial score (nSPS) is 12.9. The summed E-state index contributed by atoms with van der Waals surface area (Å²) >= 11 is 2.28. The van der Waals surface area contributed by atoms with Crippen LogP contribution in [0.25, 0.3) is 0 Å². The third-order valence-electron chi connectivity index (χ3n) is 2.36. The fourth-order valence-corrected chi connectivity index (χ4v) is 2.24. The molecule has 0 aliphatic heterocycles. The van der Waals surface area contributed by atoms with Crippen LogP contribution in [0.1, 0.15) is 18.1 Å². The Morgan fingerprint density at radius 1 is 1.50 bits per heavy atom. The van der Waals surface area contributed by atoms with Crippen LogP contribution < -0.4 is 5.32 Å². The molecule has 1 aromatic rings. The van der Waals surface area contributed by atoms with Gasteiger partial charge in [-0.1, -0.05) is 0 Å². The van der Waals surface area contributed by atoms with Crippen LogP contribution in [0, 0.1) is 10.5 Å². The highest BCUT2D eigenvalue weighted by Gasteiger charge is 2.08. The van der Waals surface area contributed by atoms with E-state index in [1.165, 1.54) is 3.57 Å². The van der Waals surface area contributed by atoms with E-state index in [4.69, 9.17) is 0 Å². The molecule has 0 aromatic heterocycles. The third kappa shape index (κ3) is 2.85. The van der Waals surface area contributed by atoms with Gasteiger partial charge in [0.1, 0.15) is 5.75 Å². The van der Waals surface area contributed by atoms with Crippen molar-refractivity contribution in [1.29, 1.82) is 0 Å². The highest BCUT2D eigenvalue weighted by molar-refractivity contribution is 14.1. The predicted molar refractivity (Wildman–Crippen MR) is 67.8 cm³/mol. The lowest BCUT2D eigenvalue weighted by Gasteiger charge is -2.13. The van der Waals surface area contributed by atoms with Crippen LogP contribution in [-0.2, 0) is 6.42 Å². The Bertz CT molecular complexity index is 325. The zero-order chi connectivity index (χ0) is 10.7. The smallest absolute Gasteiger partial charge is 0.121 e. The molecule has 0 amide bonds. The van der Waals surface area contributed by atoms with Crippen LogP contribution in [0.15, 0.2) is 12.1 Å². The van der Waals surface area contributed by atoms with Crippen molar-refractivity contribution < 1.29 is 5.11 Å². The number of likely N-dealkylation sites (N-methyl/N-ethyl adjacent to an activating group) is 1. The lowest BCUT2D eigenvalue weighted by atomic mass is 10.0. The molecule has 0 fully saturated rings. The number of phenolic OH excluding ortho intramolecular Hbond substituents is 1. The van der Waals surface area contributed by atoms with Gasteiger partial charge in [-0.25, -0.2) is 0 Å². The molecule has 1 rings (SSSR count). The third-order valence-corrected chi connectivity index (χ3v) is 2.99. The first-order valence-corrected chi connectivity index (χ1v) is 5.77. The molecule has 1 unspecified atom stereocenters. The average molecular weight is 305 g/mol. The van der Waals surface area contributed by atoms with Gasteiger partial charge in [-0.3, -0.25) is 0 Å². The Morgan fingerprint density at radius 2 is 2.14 bits per heavy atom. The summed E-state index contributed by atoms with van der Waals surface area (Å²) in [6.45, 7) is 4.04. The monoisotopic (exact) mass is 305 g/mol. The van der Waals surface area contributed by atoms with Crippen LogP contribution >= 0.6 is 22.6 Å². The topological polar surface area (TPSA) is 32.3 Å². The molecule has 0 bridgehead atoms. The Morgan fingerprint density at radius 3 is 2.71 bits per heavy atom. The van der Waals surface area contributed by atoms with Crippen LogP contribution in [0.5, 0.6) is 5.75 Å². The van der Waals surface area contributed by atoms with E-state index >= 15 is 0 Å². The van der Waals surface area contributed by atoms with Gasteiger partial charge in [0.2, 0.25) is 0 Å². The van der Waals surface area contributed by atoms with Crippen molar-refractivity contribution in [2.75, 3.05) is 7.05 Å². The van der Waals surface area contributed by atoms with Gasteiger partial charge < -0.3 is 10.4 Å². The lowest BCUT2D eigenvalue weighted by Crippen LogP contribution is -2.23. The molecule has 0 aliphatic carbocycles. The molecular formula is C11H16INO. The van der Waals surface area contributed by atoms with Gasteiger partial charge >= 0.3 is 0 Å². The molecular weight excluding hydrogens is 289 g/mol. The molecule has 1 atom stereocenters. The molecule has 0 heterocycles. The molecule has 1 aromatic carbocycles. The van der Waals surface area contributed by atoms with E-state index in [1.54, 1.807) is 0 Å². The van der Waals surface area contributed by atoms with Gasteiger partial charge in [0, 0.05) is 9.61 Å². The van der Waals surface area contributed by atoms with Gasteiger partial charge in [0.25, 0.3) is 0 Å². The molecule has 0 saturated heterocycles. The minimum Gasteiger partial charge on any atom is -0.507 e. The number of halogens is 1. The SMILES string of the molecule is CNC(C)Cc1cc(I)cc(C)c1O. The second-order valence-electron chi connectivity index (χ2n) is 3.62. The van der Waals surface area contributed by atoms with Gasteiger partial charge in [0.15, 0.2) is 0 Å². The second-order valence-corrected chi connectivity index (χ2v) is 4.87. The number of aromatic hydroxyl groups is 1. The molecule has 0 radical (unpaired) electrons. The van der Waals surface area contributed by atoms with Crippen molar-refractivity contribution in [3.63, 3.8) is 0 Å². The Balaban J connectivity index is 2.96. The average Bonchev–Trinajstić information content (AvgIpc) is 2.13. The highest BCUT2D eigenvalue weighted by Crippen LogP contribution is 2.25. The van der Waals surface area contributed by atoms with E-state index in [9.17, 15) is 5.11 Å². The summed E-state index contributed by atoms with van der Waals surface area (Å²) < 4.78 is 1.18. The van der Waals surface area contributed by atoms with Gasteiger partial charge in [-0.2, -0.15) is 0 Å². The number of rotatable bonds is 3. The van der Waals surface area contributed by atoms with Crippen LogP contribution in [-0.4, -0.2) is 18.2 Å². The van der Waals surface area contributed by atoms with E-state index in [0.717, 1.165) is 17.5 Å². The fourth-order valence-electron chi connectivity index (χ4n) is 1.39.